The van der Waals surface area contributed by atoms with Gasteiger partial charge in [0.2, 0.25) is 5.88 Å². The van der Waals surface area contributed by atoms with Gasteiger partial charge in [0.05, 0.1) is 30.5 Å². The predicted molar refractivity (Wildman–Crippen MR) is 191 cm³/mol. The number of carbonyl (C=O) groups is 2. The molecule has 0 aliphatic carbocycles. The first kappa shape index (κ1) is 36.6. The molecular weight excluding hydrogens is 692 g/mol. The van der Waals surface area contributed by atoms with Gasteiger partial charge in [-0.25, -0.2) is 14.4 Å². The highest BCUT2D eigenvalue weighted by Gasteiger charge is 2.28. The first-order valence-electron chi connectivity index (χ1n) is 17.0. The van der Waals surface area contributed by atoms with Crippen molar-refractivity contribution in [1.82, 2.24) is 9.47 Å². The summed E-state index contributed by atoms with van der Waals surface area (Å²) in [5.41, 5.74) is 4.80. The van der Waals surface area contributed by atoms with Crippen LogP contribution in [0.25, 0.3) is 22.0 Å². The Morgan fingerprint density at radius 1 is 0.904 bits per heavy atom. The van der Waals surface area contributed by atoms with Gasteiger partial charge >= 0.3 is 17.8 Å². The fourth-order valence-corrected chi connectivity index (χ4v) is 6.49. The fraction of sp³-hybridized carbons (Fsp3) is 0.342. The lowest BCUT2D eigenvalue weighted by molar-refractivity contribution is 0.0364. The van der Waals surface area contributed by atoms with Crippen molar-refractivity contribution < 1.29 is 45.6 Å². The summed E-state index contributed by atoms with van der Waals surface area (Å²) in [6.07, 6.45) is 3.54. The molecule has 1 saturated heterocycles. The molecule has 0 radical (unpaired) electrons. The number of nitrogens with zero attached hydrogens (tertiary/aromatic N) is 2. The zero-order valence-electron chi connectivity index (χ0n) is 28.9. The van der Waals surface area contributed by atoms with E-state index in [0.717, 1.165) is 67.5 Å². The van der Waals surface area contributed by atoms with Crippen molar-refractivity contribution in [2.24, 2.45) is 5.92 Å². The average Bonchev–Trinajstić information content (AvgIpc) is 3.65. The van der Waals surface area contributed by atoms with Gasteiger partial charge in [-0.05, 0) is 74.0 Å². The van der Waals surface area contributed by atoms with Crippen LogP contribution in [0.3, 0.4) is 0 Å². The van der Waals surface area contributed by atoms with Gasteiger partial charge in [-0.2, -0.15) is 8.42 Å². The van der Waals surface area contributed by atoms with Gasteiger partial charge in [0.1, 0.15) is 5.56 Å². The molecule has 3 aromatic carbocycles. The third kappa shape index (κ3) is 8.99. The van der Waals surface area contributed by atoms with Crippen molar-refractivity contribution in [1.29, 1.82) is 0 Å². The number of hydrogen-bond donors (Lipinski definition) is 1. The van der Waals surface area contributed by atoms with Crippen LogP contribution in [0, 0.1) is 12.8 Å². The van der Waals surface area contributed by atoms with E-state index in [0.29, 0.717) is 42.4 Å². The van der Waals surface area contributed by atoms with Gasteiger partial charge in [-0.3, -0.25) is 9.45 Å². The zero-order valence-corrected chi connectivity index (χ0v) is 29.7. The van der Waals surface area contributed by atoms with Crippen molar-refractivity contribution >= 4 is 33.0 Å². The zero-order chi connectivity index (χ0) is 36.8. The van der Waals surface area contributed by atoms with Gasteiger partial charge in [0.25, 0.3) is 10.1 Å². The lowest BCUT2D eigenvalue weighted by Gasteiger charge is -2.31. The molecular formula is C38H40N2O11S. The molecule has 7 rings (SSSR count). The third-order valence-corrected chi connectivity index (χ3v) is 9.04. The number of benzene rings is 3. The molecule has 0 saturated carbocycles. The van der Waals surface area contributed by atoms with Crippen LogP contribution >= 0.6 is 0 Å². The van der Waals surface area contributed by atoms with Crippen molar-refractivity contribution in [2.75, 3.05) is 32.6 Å². The fourth-order valence-electron chi connectivity index (χ4n) is 6.49. The summed E-state index contributed by atoms with van der Waals surface area (Å²) >= 11 is 0. The summed E-state index contributed by atoms with van der Waals surface area (Å²) < 4.78 is 54.9. The van der Waals surface area contributed by atoms with Crippen LogP contribution in [0.1, 0.15) is 57.1 Å². The van der Waals surface area contributed by atoms with E-state index in [1.54, 1.807) is 19.1 Å². The number of esters is 2. The summed E-state index contributed by atoms with van der Waals surface area (Å²) in [5, 5.41) is 0.885. The predicted octanol–water partition coefficient (Wildman–Crippen LogP) is 5.88. The highest BCUT2D eigenvalue weighted by atomic mass is 32.2. The van der Waals surface area contributed by atoms with E-state index in [1.807, 2.05) is 48.5 Å². The number of carbonyl (C=O) groups excluding carboxylic acids is 2. The number of aromatic nitrogens is 1. The van der Waals surface area contributed by atoms with E-state index in [-0.39, 0.29) is 24.1 Å². The van der Waals surface area contributed by atoms with Crippen LogP contribution in [0.2, 0.25) is 0 Å². The molecule has 52 heavy (non-hydrogen) atoms. The summed E-state index contributed by atoms with van der Waals surface area (Å²) in [4.78, 5) is 39.9. The number of para-hydroxylation sites is 1. The van der Waals surface area contributed by atoms with Crippen LogP contribution in [0.15, 0.2) is 86.4 Å². The highest BCUT2D eigenvalue weighted by Crippen LogP contribution is 2.35. The standard InChI is InChI=1S/C37H36N2O8.CH4O3S/c1-24-32(47-37(42)46-24)23-45-35(40)29-8-3-2-7-28(29)27-13-11-25(12-14-27)21-38-18-15-26(16-19-38)22-44-36(41)33-30-9-4-5-10-31(30)39-17-6-20-43-34(33)39;1-5(2,3)4/h2-5,7-14,26H,6,15-23H2,1H3;1H3,(H,2,3,4). The second-order valence-corrected chi connectivity index (χ2v) is 14.3. The Morgan fingerprint density at radius 2 is 1.60 bits per heavy atom. The summed E-state index contributed by atoms with van der Waals surface area (Å²) in [5.74, 6) is -0.234. The maximum atomic E-state index is 13.3. The number of likely N-dealkylation sites (tertiary alicyclic amines) is 1. The number of hydrogen-bond acceptors (Lipinski definition) is 11. The minimum atomic E-state index is -3.67. The molecule has 0 bridgehead atoms. The van der Waals surface area contributed by atoms with E-state index >= 15 is 0 Å². The van der Waals surface area contributed by atoms with Crippen molar-refractivity contribution in [3.05, 3.63) is 112 Å². The quantitative estimate of drug-likeness (QED) is 0.142. The molecule has 2 aliphatic heterocycles. The van der Waals surface area contributed by atoms with Crippen LogP contribution in [0.5, 0.6) is 5.88 Å². The Morgan fingerprint density at radius 3 is 2.31 bits per heavy atom. The lowest BCUT2D eigenvalue weighted by Crippen LogP contribution is -2.35. The van der Waals surface area contributed by atoms with E-state index in [9.17, 15) is 22.8 Å². The molecule has 274 valence electrons. The largest absolute Gasteiger partial charge is 0.519 e. The summed E-state index contributed by atoms with van der Waals surface area (Å²) in [7, 11) is -3.67. The summed E-state index contributed by atoms with van der Waals surface area (Å²) in [6.45, 7) is 5.88. The second-order valence-electron chi connectivity index (χ2n) is 12.9. The minimum absolute atomic E-state index is 0.189. The number of rotatable bonds is 9. The van der Waals surface area contributed by atoms with Gasteiger partial charge in [0.15, 0.2) is 18.1 Å². The molecule has 5 aromatic rings. The Balaban J connectivity index is 0.000000870. The smallest absolute Gasteiger partial charge is 0.478 e. The van der Waals surface area contributed by atoms with Crippen LogP contribution < -0.4 is 10.6 Å². The lowest BCUT2D eigenvalue weighted by atomic mass is 9.96. The molecule has 14 heteroatoms. The van der Waals surface area contributed by atoms with Gasteiger partial charge in [-0.1, -0.05) is 60.7 Å². The van der Waals surface area contributed by atoms with E-state index in [4.69, 9.17) is 27.6 Å². The molecule has 0 unspecified atom stereocenters. The molecule has 2 aromatic heterocycles. The molecule has 2 aliphatic rings. The van der Waals surface area contributed by atoms with Crippen LogP contribution in [-0.4, -0.2) is 66.9 Å². The maximum absolute atomic E-state index is 13.3. The molecule has 1 fully saturated rings. The third-order valence-electron chi connectivity index (χ3n) is 9.04. The van der Waals surface area contributed by atoms with Crippen LogP contribution in [-0.2, 0) is 39.3 Å². The first-order chi connectivity index (χ1) is 24.9. The summed E-state index contributed by atoms with van der Waals surface area (Å²) in [6, 6.07) is 23.4. The maximum Gasteiger partial charge on any atom is 0.519 e. The Kier molecular flexibility index (Phi) is 11.3. The number of ether oxygens (including phenoxy) is 3. The molecule has 4 heterocycles. The van der Waals surface area contributed by atoms with Gasteiger partial charge < -0.3 is 27.6 Å². The number of piperidine rings is 1. The molecule has 0 amide bonds. The molecule has 0 spiro atoms. The second kappa shape index (κ2) is 16.0. The Bertz CT molecular complexity index is 2200. The van der Waals surface area contributed by atoms with Crippen molar-refractivity contribution in [2.45, 2.75) is 45.9 Å². The van der Waals surface area contributed by atoms with Crippen molar-refractivity contribution in [3.63, 3.8) is 0 Å². The number of aryl methyl sites for hydroxylation is 2. The topological polar surface area (TPSA) is 168 Å². The van der Waals surface area contributed by atoms with E-state index < -0.39 is 21.9 Å². The monoisotopic (exact) mass is 732 g/mol. The van der Waals surface area contributed by atoms with Crippen LogP contribution in [0.4, 0.5) is 0 Å². The SMILES string of the molecule is CS(=O)(=O)O.Cc1oc(=O)oc1COC(=O)c1ccccc1-c1ccc(CN2CCC(COC(=O)c3c4n(c5ccccc35)CCCO4)CC2)cc1. The van der Waals surface area contributed by atoms with E-state index in [1.165, 1.54) is 5.56 Å². The highest BCUT2D eigenvalue weighted by molar-refractivity contribution is 7.85. The minimum Gasteiger partial charge on any atom is -0.478 e. The van der Waals surface area contributed by atoms with Gasteiger partial charge in [0, 0.05) is 18.5 Å². The van der Waals surface area contributed by atoms with Gasteiger partial charge in [-0.15, -0.1) is 0 Å². The van der Waals surface area contributed by atoms with E-state index in [2.05, 4.69) is 21.6 Å². The molecule has 13 nitrogen and oxygen atoms in total. The number of fused-ring (bicyclic) bond motifs is 3. The average molecular weight is 733 g/mol. The first-order valence-corrected chi connectivity index (χ1v) is 18.8. The Labute approximate surface area is 300 Å². The van der Waals surface area contributed by atoms with Crippen molar-refractivity contribution in [3.8, 4) is 17.0 Å². The Hall–Kier alpha value is -5.18. The normalized spacial score (nSPS) is 14.9. The molecule has 1 N–H and O–H groups in total. The molecule has 0 atom stereocenters.